The van der Waals surface area contributed by atoms with Gasteiger partial charge in [-0.25, -0.2) is 9.31 Å². The number of carbonyl (C=O) groups excluding carboxylic acids is 2. The molecule has 0 atom stereocenters. The Labute approximate surface area is 174 Å². The highest BCUT2D eigenvalue weighted by Gasteiger charge is 2.54. The van der Waals surface area contributed by atoms with E-state index in [9.17, 15) is 22.8 Å². The number of likely N-dealkylation sites (tertiary alicyclic amines) is 1. The van der Waals surface area contributed by atoms with Gasteiger partial charge >= 0.3 is 12.2 Å². The molecule has 0 bridgehead atoms. The summed E-state index contributed by atoms with van der Waals surface area (Å²) in [5, 5.41) is 9.37. The van der Waals surface area contributed by atoms with Gasteiger partial charge in [0.05, 0.1) is 11.8 Å². The molecule has 1 saturated carbocycles. The van der Waals surface area contributed by atoms with E-state index in [0.29, 0.717) is 24.3 Å². The number of hydrogen-bond donors (Lipinski definition) is 3. The molecule has 8 nitrogen and oxygen atoms in total. The summed E-state index contributed by atoms with van der Waals surface area (Å²) in [6.07, 6.45) is 1.96. The zero-order valence-corrected chi connectivity index (χ0v) is 16.2. The first-order valence-corrected chi connectivity index (χ1v) is 9.77. The van der Waals surface area contributed by atoms with Crippen LogP contribution in [0.2, 0.25) is 0 Å². The van der Waals surface area contributed by atoms with E-state index in [0.717, 1.165) is 25.0 Å². The zero-order valence-electron chi connectivity index (χ0n) is 16.2. The van der Waals surface area contributed by atoms with Crippen molar-refractivity contribution in [2.75, 3.05) is 18.4 Å². The molecule has 2 aliphatic rings. The molecule has 5 rings (SSSR count). The summed E-state index contributed by atoms with van der Waals surface area (Å²) in [5.41, 5.74) is 0.437. The number of nitrogens with one attached hydrogen (secondary N) is 3. The van der Waals surface area contributed by atoms with Gasteiger partial charge in [0.25, 0.3) is 5.91 Å². The largest absolute Gasteiger partial charge is 0.416 e. The van der Waals surface area contributed by atoms with E-state index >= 15 is 0 Å². The maximum atomic E-state index is 12.8. The highest BCUT2D eigenvalue weighted by molar-refractivity contribution is 6.00. The van der Waals surface area contributed by atoms with Crippen molar-refractivity contribution >= 4 is 23.3 Å². The van der Waals surface area contributed by atoms with Crippen molar-refractivity contribution in [2.45, 2.75) is 25.1 Å². The number of alkyl halides is 3. The van der Waals surface area contributed by atoms with Gasteiger partial charge in [0.15, 0.2) is 0 Å². The number of H-pyrrole nitrogens is 1. The van der Waals surface area contributed by atoms with Crippen LogP contribution in [0.3, 0.4) is 0 Å². The molecular formula is C20H19F3N6O2. The molecule has 1 saturated heterocycles. The van der Waals surface area contributed by atoms with E-state index in [4.69, 9.17) is 0 Å². The number of imidazole rings is 1. The van der Waals surface area contributed by atoms with Crippen molar-refractivity contribution in [1.29, 1.82) is 0 Å². The molecular weight excluding hydrogens is 413 g/mol. The molecule has 2 aromatic heterocycles. The number of hydrogen-bond acceptors (Lipinski definition) is 3. The van der Waals surface area contributed by atoms with Crippen LogP contribution in [0.4, 0.5) is 23.7 Å². The lowest BCUT2D eigenvalue weighted by molar-refractivity contribution is -0.137. The summed E-state index contributed by atoms with van der Waals surface area (Å²) < 4.78 is 40.0. The van der Waals surface area contributed by atoms with E-state index in [1.807, 2.05) is 0 Å². The van der Waals surface area contributed by atoms with Gasteiger partial charge < -0.3 is 20.5 Å². The lowest BCUT2D eigenvalue weighted by Gasteiger charge is -2.58. The fourth-order valence-electron chi connectivity index (χ4n) is 4.51. The van der Waals surface area contributed by atoms with Crippen LogP contribution >= 0.6 is 0 Å². The average Bonchev–Trinajstić information content (AvgIpc) is 3.25. The van der Waals surface area contributed by atoms with Crippen LogP contribution in [-0.2, 0) is 6.18 Å². The van der Waals surface area contributed by atoms with Crippen LogP contribution in [0.25, 0.3) is 5.65 Å². The first-order valence-electron chi connectivity index (χ1n) is 9.77. The van der Waals surface area contributed by atoms with Crippen molar-refractivity contribution in [2.24, 2.45) is 5.41 Å². The second kappa shape index (κ2) is 6.76. The number of aromatic nitrogens is 3. The monoisotopic (exact) mass is 432 g/mol. The summed E-state index contributed by atoms with van der Waals surface area (Å²) in [7, 11) is 0. The number of anilines is 1. The summed E-state index contributed by atoms with van der Waals surface area (Å²) in [6, 6.07) is 3.89. The Balaban J connectivity index is 1.11. The molecule has 1 aromatic carbocycles. The van der Waals surface area contributed by atoms with Crippen LogP contribution in [-0.4, -0.2) is 50.6 Å². The van der Waals surface area contributed by atoms with Crippen molar-refractivity contribution in [3.63, 3.8) is 0 Å². The fourth-order valence-corrected chi connectivity index (χ4v) is 4.51. The van der Waals surface area contributed by atoms with Crippen LogP contribution in [0.5, 0.6) is 0 Å². The Kier molecular flexibility index (Phi) is 4.24. The van der Waals surface area contributed by atoms with Crippen LogP contribution in [0.15, 0.2) is 42.9 Å². The van der Waals surface area contributed by atoms with Crippen molar-refractivity contribution < 1.29 is 22.8 Å². The second-order valence-corrected chi connectivity index (χ2v) is 8.25. The average molecular weight is 432 g/mol. The Bertz CT molecular complexity index is 1150. The van der Waals surface area contributed by atoms with E-state index < -0.39 is 17.8 Å². The normalized spacial score (nSPS) is 18.0. The second-order valence-electron chi connectivity index (χ2n) is 8.25. The topological polar surface area (TPSA) is 94.5 Å². The van der Waals surface area contributed by atoms with Gasteiger partial charge in [0, 0.05) is 42.6 Å². The Morgan fingerprint density at radius 1 is 1.23 bits per heavy atom. The number of aromatic amines is 1. The first-order chi connectivity index (χ1) is 14.7. The van der Waals surface area contributed by atoms with Crippen LogP contribution in [0, 0.1) is 5.41 Å². The molecule has 1 aliphatic carbocycles. The number of carbonyl (C=O) groups is 2. The van der Waals surface area contributed by atoms with Crippen molar-refractivity contribution in [3.05, 3.63) is 54.0 Å². The number of benzene rings is 1. The summed E-state index contributed by atoms with van der Waals surface area (Å²) in [4.78, 5) is 29.6. The standard InChI is InChI=1S/C20H19F3N6O2/c21-20(22,23)12-2-1-3-13(6-12)26-18(31)27-14-7-19(8-14)10-28(11-19)17(30)15-9-25-29-5-4-24-16(15)29/h1-6,9,14,24H,7-8,10-11H2,(H2,26,27,31). The smallest absolute Gasteiger partial charge is 0.344 e. The van der Waals surface area contributed by atoms with Crippen molar-refractivity contribution in [1.82, 2.24) is 24.8 Å². The molecule has 3 N–H and O–H groups in total. The molecule has 162 valence electrons. The van der Waals surface area contributed by atoms with Gasteiger partial charge in [0.2, 0.25) is 0 Å². The molecule has 3 heterocycles. The maximum absolute atomic E-state index is 12.8. The van der Waals surface area contributed by atoms with E-state index in [2.05, 4.69) is 20.7 Å². The third-order valence-corrected chi connectivity index (χ3v) is 5.94. The number of halogens is 3. The van der Waals surface area contributed by atoms with E-state index in [1.165, 1.54) is 12.1 Å². The first kappa shape index (κ1) is 19.5. The quantitative estimate of drug-likeness (QED) is 0.594. The summed E-state index contributed by atoms with van der Waals surface area (Å²) in [5.74, 6) is -0.0817. The number of fused-ring (bicyclic) bond motifs is 1. The molecule has 3 amide bonds. The molecule has 11 heteroatoms. The summed E-state index contributed by atoms with van der Waals surface area (Å²) >= 11 is 0. The third-order valence-electron chi connectivity index (χ3n) is 5.94. The van der Waals surface area contributed by atoms with E-state index in [-0.39, 0.29) is 23.1 Å². The van der Waals surface area contributed by atoms with Gasteiger partial charge in [-0.15, -0.1) is 0 Å². The fraction of sp³-hybridized carbons (Fsp3) is 0.350. The molecule has 2 fully saturated rings. The van der Waals surface area contributed by atoms with Gasteiger partial charge in [-0.1, -0.05) is 6.07 Å². The lowest BCUT2D eigenvalue weighted by atomic mass is 9.60. The molecule has 3 aromatic rings. The van der Waals surface area contributed by atoms with Crippen LogP contribution in [0.1, 0.15) is 28.8 Å². The molecule has 1 spiro atoms. The highest BCUT2D eigenvalue weighted by Crippen LogP contribution is 2.48. The van der Waals surface area contributed by atoms with Crippen molar-refractivity contribution in [3.8, 4) is 0 Å². The minimum Gasteiger partial charge on any atom is -0.344 e. The maximum Gasteiger partial charge on any atom is 0.416 e. The third kappa shape index (κ3) is 3.49. The molecule has 0 radical (unpaired) electrons. The minimum absolute atomic E-state index is 0.00811. The van der Waals surface area contributed by atoms with Gasteiger partial charge in [0.1, 0.15) is 11.2 Å². The van der Waals surface area contributed by atoms with Gasteiger partial charge in [-0.3, -0.25) is 4.79 Å². The Morgan fingerprint density at radius 3 is 2.74 bits per heavy atom. The van der Waals surface area contributed by atoms with Crippen LogP contribution < -0.4 is 10.6 Å². The molecule has 31 heavy (non-hydrogen) atoms. The molecule has 1 aliphatic heterocycles. The Hall–Kier alpha value is -3.50. The van der Waals surface area contributed by atoms with E-state index in [1.54, 1.807) is 28.0 Å². The minimum atomic E-state index is -4.47. The Morgan fingerprint density at radius 2 is 2.00 bits per heavy atom. The lowest BCUT2D eigenvalue weighted by Crippen LogP contribution is -2.67. The number of rotatable bonds is 3. The summed E-state index contributed by atoms with van der Waals surface area (Å²) in [6.45, 7) is 1.22. The predicted molar refractivity (Wildman–Crippen MR) is 104 cm³/mol. The SMILES string of the molecule is O=C(Nc1cccc(C(F)(F)F)c1)NC1CC2(C1)CN(C(=O)c1cnn3cc[nH]c13)C2. The van der Waals surface area contributed by atoms with Gasteiger partial charge in [-0.05, 0) is 31.0 Å². The number of nitrogens with zero attached hydrogens (tertiary/aromatic N) is 3. The number of amides is 3. The zero-order chi connectivity index (χ0) is 21.8. The predicted octanol–water partition coefficient (Wildman–Crippen LogP) is 3.11. The highest BCUT2D eigenvalue weighted by atomic mass is 19.4. The van der Waals surface area contributed by atoms with Gasteiger partial charge in [-0.2, -0.15) is 18.3 Å². The molecule has 0 unspecified atom stereocenters. The number of urea groups is 1.